The molecule has 7 nitrogen and oxygen atoms in total. The quantitative estimate of drug-likeness (QED) is 0.741. The second-order valence-electron chi connectivity index (χ2n) is 7.05. The van der Waals surface area contributed by atoms with Gasteiger partial charge >= 0.3 is 0 Å². The Morgan fingerprint density at radius 3 is 2.42 bits per heavy atom. The number of nitrogens with one attached hydrogen (secondary N) is 1. The Hall–Kier alpha value is -1.80. The lowest BCUT2D eigenvalue weighted by Gasteiger charge is -2.24. The summed E-state index contributed by atoms with van der Waals surface area (Å²) in [6.45, 7) is 8.60. The number of amides is 1. The summed E-state index contributed by atoms with van der Waals surface area (Å²) in [5.41, 5.74) is 0. The molecule has 146 valence electrons. The van der Waals surface area contributed by atoms with Crippen molar-refractivity contribution in [3.05, 3.63) is 18.2 Å². The van der Waals surface area contributed by atoms with Crippen molar-refractivity contribution >= 4 is 15.9 Å². The van der Waals surface area contributed by atoms with Gasteiger partial charge in [-0.25, -0.2) is 8.42 Å². The monoisotopic (exact) mass is 384 g/mol. The van der Waals surface area contributed by atoms with E-state index in [9.17, 15) is 13.2 Å². The van der Waals surface area contributed by atoms with Gasteiger partial charge in [-0.15, -0.1) is 0 Å². The molecule has 0 saturated heterocycles. The van der Waals surface area contributed by atoms with Gasteiger partial charge in [-0.3, -0.25) is 4.79 Å². The standard InChI is InChI=1S/C18H28N2O5S/c1-13(2)7-8-20(12-18(21)19-14(3)4)26(22,23)15-5-6-16-17(11-15)25-10-9-24-16/h5-6,11,13-14H,7-10,12H2,1-4H3,(H,19,21). The molecule has 1 heterocycles. The molecule has 1 aliphatic heterocycles. The molecule has 0 aliphatic carbocycles. The lowest BCUT2D eigenvalue weighted by atomic mass is 10.1. The summed E-state index contributed by atoms with van der Waals surface area (Å²) < 4.78 is 38.4. The summed E-state index contributed by atoms with van der Waals surface area (Å²) in [4.78, 5) is 12.3. The summed E-state index contributed by atoms with van der Waals surface area (Å²) >= 11 is 0. The van der Waals surface area contributed by atoms with Gasteiger partial charge in [0.15, 0.2) is 11.5 Å². The molecule has 0 spiro atoms. The molecule has 0 saturated carbocycles. The zero-order valence-electron chi connectivity index (χ0n) is 15.8. The first-order valence-electron chi connectivity index (χ1n) is 8.89. The van der Waals surface area contributed by atoms with E-state index in [0.29, 0.717) is 37.1 Å². The van der Waals surface area contributed by atoms with Crippen LogP contribution < -0.4 is 14.8 Å². The Balaban J connectivity index is 2.27. The first kappa shape index (κ1) is 20.5. The molecule has 0 radical (unpaired) electrons. The maximum atomic E-state index is 13.1. The van der Waals surface area contributed by atoms with Crippen LogP contribution in [0.4, 0.5) is 0 Å². The molecule has 0 atom stereocenters. The van der Waals surface area contributed by atoms with E-state index in [2.05, 4.69) is 5.32 Å². The molecular formula is C18H28N2O5S. The molecule has 1 aromatic carbocycles. The van der Waals surface area contributed by atoms with E-state index in [0.717, 1.165) is 0 Å². The maximum absolute atomic E-state index is 13.1. The van der Waals surface area contributed by atoms with Crippen LogP contribution >= 0.6 is 0 Å². The van der Waals surface area contributed by atoms with E-state index in [1.165, 1.54) is 16.4 Å². The van der Waals surface area contributed by atoms with Gasteiger partial charge in [-0.1, -0.05) is 13.8 Å². The molecule has 1 aliphatic rings. The number of benzene rings is 1. The van der Waals surface area contributed by atoms with Crippen LogP contribution in [0.2, 0.25) is 0 Å². The first-order valence-corrected chi connectivity index (χ1v) is 10.3. The third-order valence-electron chi connectivity index (χ3n) is 3.88. The zero-order chi connectivity index (χ0) is 19.3. The number of carbonyl (C=O) groups is 1. The second kappa shape index (κ2) is 8.73. The summed E-state index contributed by atoms with van der Waals surface area (Å²) in [6.07, 6.45) is 0.665. The molecule has 1 N–H and O–H groups in total. The number of rotatable bonds is 8. The second-order valence-corrected chi connectivity index (χ2v) is 8.99. The number of fused-ring (bicyclic) bond motifs is 1. The third kappa shape index (κ3) is 5.35. The van der Waals surface area contributed by atoms with Crippen molar-refractivity contribution in [3.63, 3.8) is 0 Å². The first-order chi connectivity index (χ1) is 12.2. The Morgan fingerprint density at radius 1 is 1.15 bits per heavy atom. The molecule has 26 heavy (non-hydrogen) atoms. The molecule has 0 fully saturated rings. The van der Waals surface area contributed by atoms with Crippen molar-refractivity contribution in [2.45, 2.75) is 45.1 Å². The largest absolute Gasteiger partial charge is 0.486 e. The topological polar surface area (TPSA) is 84.9 Å². The van der Waals surface area contributed by atoms with E-state index >= 15 is 0 Å². The van der Waals surface area contributed by atoms with Gasteiger partial charge < -0.3 is 14.8 Å². The fraction of sp³-hybridized carbons (Fsp3) is 0.611. The third-order valence-corrected chi connectivity index (χ3v) is 5.72. The number of nitrogens with zero attached hydrogens (tertiary/aromatic N) is 1. The highest BCUT2D eigenvalue weighted by molar-refractivity contribution is 7.89. The van der Waals surface area contributed by atoms with Crippen molar-refractivity contribution in [2.75, 3.05) is 26.3 Å². The number of hydrogen-bond acceptors (Lipinski definition) is 5. The van der Waals surface area contributed by atoms with Crippen molar-refractivity contribution in [1.82, 2.24) is 9.62 Å². The average Bonchev–Trinajstić information content (AvgIpc) is 2.57. The van der Waals surface area contributed by atoms with Crippen LogP contribution in [0.15, 0.2) is 23.1 Å². The Bertz CT molecular complexity index is 731. The summed E-state index contributed by atoms with van der Waals surface area (Å²) in [5, 5.41) is 2.74. The van der Waals surface area contributed by atoms with Crippen molar-refractivity contribution in [2.24, 2.45) is 5.92 Å². The molecule has 0 unspecified atom stereocenters. The maximum Gasteiger partial charge on any atom is 0.243 e. The van der Waals surface area contributed by atoms with Gasteiger partial charge in [-0.2, -0.15) is 4.31 Å². The average molecular weight is 384 g/mol. The number of ether oxygens (including phenoxy) is 2. The van der Waals surface area contributed by atoms with Crippen LogP contribution in [0.25, 0.3) is 0 Å². The Morgan fingerprint density at radius 2 is 1.81 bits per heavy atom. The highest BCUT2D eigenvalue weighted by Gasteiger charge is 2.28. The van der Waals surface area contributed by atoms with E-state index in [1.54, 1.807) is 6.07 Å². The molecule has 8 heteroatoms. The molecule has 2 rings (SSSR count). The van der Waals surface area contributed by atoms with Crippen LogP contribution in [0.3, 0.4) is 0 Å². The predicted octanol–water partition coefficient (Wildman–Crippen LogP) is 2.02. The fourth-order valence-corrected chi connectivity index (χ4v) is 3.97. The van der Waals surface area contributed by atoms with Gasteiger partial charge in [-0.05, 0) is 38.3 Å². The minimum absolute atomic E-state index is 0.0496. The van der Waals surface area contributed by atoms with E-state index in [4.69, 9.17) is 9.47 Å². The Labute approximate surface area is 155 Å². The summed E-state index contributed by atoms with van der Waals surface area (Å²) in [6, 6.07) is 4.50. The summed E-state index contributed by atoms with van der Waals surface area (Å²) in [5.74, 6) is 0.945. The van der Waals surface area contributed by atoms with Crippen LogP contribution in [-0.2, 0) is 14.8 Å². The van der Waals surface area contributed by atoms with Gasteiger partial charge in [0.05, 0.1) is 11.4 Å². The summed E-state index contributed by atoms with van der Waals surface area (Å²) in [7, 11) is -3.82. The van der Waals surface area contributed by atoms with Crippen molar-refractivity contribution in [3.8, 4) is 11.5 Å². The Kier molecular flexibility index (Phi) is 6.88. The van der Waals surface area contributed by atoms with Crippen LogP contribution in [0.1, 0.15) is 34.1 Å². The smallest absolute Gasteiger partial charge is 0.243 e. The van der Waals surface area contributed by atoms with E-state index < -0.39 is 10.0 Å². The highest BCUT2D eigenvalue weighted by Crippen LogP contribution is 2.33. The number of sulfonamides is 1. The van der Waals surface area contributed by atoms with Crippen molar-refractivity contribution in [1.29, 1.82) is 0 Å². The lowest BCUT2D eigenvalue weighted by Crippen LogP contribution is -2.43. The van der Waals surface area contributed by atoms with Crippen molar-refractivity contribution < 1.29 is 22.7 Å². The minimum Gasteiger partial charge on any atom is -0.486 e. The lowest BCUT2D eigenvalue weighted by molar-refractivity contribution is -0.121. The zero-order valence-corrected chi connectivity index (χ0v) is 16.6. The van der Waals surface area contributed by atoms with Gasteiger partial charge in [0.25, 0.3) is 0 Å². The van der Waals surface area contributed by atoms with Crippen LogP contribution in [0.5, 0.6) is 11.5 Å². The van der Waals surface area contributed by atoms with E-state index in [-0.39, 0.29) is 29.9 Å². The minimum atomic E-state index is -3.82. The molecule has 0 aromatic heterocycles. The van der Waals surface area contributed by atoms with Crippen LogP contribution in [-0.4, -0.2) is 51.0 Å². The number of carbonyl (C=O) groups excluding carboxylic acids is 1. The SMILES string of the molecule is CC(C)CCN(CC(=O)NC(C)C)S(=O)(=O)c1ccc2c(c1)OCCO2. The van der Waals surface area contributed by atoms with E-state index in [1.807, 2.05) is 27.7 Å². The van der Waals surface area contributed by atoms with Gasteiger partial charge in [0, 0.05) is 18.7 Å². The molecular weight excluding hydrogens is 356 g/mol. The molecule has 0 bridgehead atoms. The number of hydrogen-bond donors (Lipinski definition) is 1. The molecule has 1 aromatic rings. The highest BCUT2D eigenvalue weighted by atomic mass is 32.2. The fourth-order valence-electron chi connectivity index (χ4n) is 2.55. The predicted molar refractivity (Wildman–Crippen MR) is 98.9 cm³/mol. The normalized spacial score (nSPS) is 14.1. The molecule has 1 amide bonds. The van der Waals surface area contributed by atoms with Gasteiger partial charge in [0.2, 0.25) is 15.9 Å². The van der Waals surface area contributed by atoms with Gasteiger partial charge in [0.1, 0.15) is 13.2 Å². The van der Waals surface area contributed by atoms with Crippen LogP contribution in [0, 0.1) is 5.92 Å².